The molecule has 2 N–H and O–H groups in total. The molecule has 0 aliphatic rings. The minimum absolute atomic E-state index is 0.279. The second-order valence-electron chi connectivity index (χ2n) is 2.25. The second-order valence-corrected chi connectivity index (χ2v) is 5.01. The number of hydrogen-bond acceptors (Lipinski definition) is 5. The Kier molecular flexibility index (Phi) is 5.11. The Morgan fingerprint density at radius 3 is 1.92 bits per heavy atom. The molecule has 0 aliphatic carbocycles. The van der Waals surface area contributed by atoms with Crippen LogP contribution in [0.4, 0.5) is 0 Å². The maximum atomic E-state index is 11.2. The molecule has 7 heteroatoms. The normalized spacial score (nSPS) is 11.5. The third-order valence-corrected chi connectivity index (χ3v) is 4.03. The van der Waals surface area contributed by atoms with Crippen molar-refractivity contribution in [2.75, 3.05) is 21.3 Å². The smallest absolute Gasteiger partial charge is 0.359 e. The molecule has 0 heterocycles. The lowest BCUT2D eigenvalue weighted by molar-refractivity contribution is -0.130. The highest BCUT2D eigenvalue weighted by atomic mass is 28.4. The molecule has 0 spiro atoms. The lowest BCUT2D eigenvalue weighted by Crippen LogP contribution is -2.64. The van der Waals surface area contributed by atoms with E-state index in [1.54, 1.807) is 6.92 Å². The fourth-order valence-corrected chi connectivity index (χ4v) is 2.42. The van der Waals surface area contributed by atoms with Gasteiger partial charge in [-0.3, -0.25) is 4.79 Å². The van der Waals surface area contributed by atoms with Gasteiger partial charge in [-0.2, -0.15) is 0 Å². The summed E-state index contributed by atoms with van der Waals surface area (Å²) in [5.74, 6) is 5.23. The van der Waals surface area contributed by atoms with Crippen molar-refractivity contribution in [3.8, 4) is 0 Å². The van der Waals surface area contributed by atoms with Gasteiger partial charge in [0.2, 0.25) is 5.91 Å². The zero-order valence-corrected chi connectivity index (χ0v) is 9.36. The predicted molar refractivity (Wildman–Crippen MR) is 48.1 cm³/mol. The summed E-state index contributed by atoms with van der Waals surface area (Å²) < 4.78 is 15.9. The molecule has 0 unspecified atom stereocenters. The molecular weight excluding hydrogens is 192 g/mol. The molecule has 0 aromatic heterocycles. The number of carbonyl (C=O) groups excluding carboxylic acids is 1. The fraction of sp³-hybridized carbons (Fsp3) is 0.833. The SMILES string of the molecule is CCC(=O)N(N)[Si](OC)(OC)OC. The molecule has 0 rings (SSSR count). The molecule has 0 aromatic rings. The molecule has 0 saturated heterocycles. The highest BCUT2D eigenvalue weighted by Crippen LogP contribution is 2.09. The molecule has 1 amide bonds. The van der Waals surface area contributed by atoms with Crippen LogP contribution in [0, 0.1) is 0 Å². The molecule has 13 heavy (non-hydrogen) atoms. The molecule has 0 radical (unpaired) electrons. The summed E-state index contributed by atoms with van der Waals surface area (Å²) in [5.41, 5.74) is 0. The number of hydrazine groups is 1. The van der Waals surface area contributed by atoms with Gasteiger partial charge in [-0.15, -0.1) is 0 Å². The van der Waals surface area contributed by atoms with Gasteiger partial charge >= 0.3 is 8.97 Å². The Morgan fingerprint density at radius 1 is 1.31 bits per heavy atom. The van der Waals surface area contributed by atoms with Crippen molar-refractivity contribution in [2.45, 2.75) is 13.3 Å². The quantitative estimate of drug-likeness (QED) is 0.285. The monoisotopic (exact) mass is 208 g/mol. The van der Waals surface area contributed by atoms with Crippen LogP contribution in [0.15, 0.2) is 0 Å². The summed E-state index contributed by atoms with van der Waals surface area (Å²) in [7, 11) is 1.03. The average Bonchev–Trinajstić information content (AvgIpc) is 2.20. The zero-order chi connectivity index (χ0) is 10.5. The molecule has 0 aromatic carbocycles. The molecule has 0 atom stereocenters. The summed E-state index contributed by atoms with van der Waals surface area (Å²) in [6.45, 7) is 1.70. The van der Waals surface area contributed by atoms with E-state index in [-0.39, 0.29) is 12.3 Å². The maximum Gasteiger partial charge on any atom is 0.650 e. The Labute approximate surface area is 79.0 Å². The van der Waals surface area contributed by atoms with E-state index in [0.29, 0.717) is 0 Å². The first kappa shape index (κ1) is 12.5. The van der Waals surface area contributed by atoms with Gasteiger partial charge in [-0.1, -0.05) is 6.92 Å². The molecule has 0 fully saturated rings. The molecule has 6 nitrogen and oxygen atoms in total. The first-order chi connectivity index (χ1) is 6.07. The van der Waals surface area contributed by atoms with Crippen LogP contribution in [0.2, 0.25) is 0 Å². The molecule has 78 valence electrons. The van der Waals surface area contributed by atoms with Crippen molar-refractivity contribution < 1.29 is 18.1 Å². The second kappa shape index (κ2) is 5.30. The predicted octanol–water partition coefficient (Wildman–Crippen LogP) is -0.526. The van der Waals surface area contributed by atoms with Crippen molar-refractivity contribution >= 4 is 14.9 Å². The Hall–Kier alpha value is -0.473. The fourth-order valence-electron chi connectivity index (χ4n) is 0.868. The molecule has 0 aliphatic heterocycles. The van der Waals surface area contributed by atoms with Crippen LogP contribution in [0.3, 0.4) is 0 Å². The average molecular weight is 208 g/mol. The van der Waals surface area contributed by atoms with Crippen molar-refractivity contribution in [2.24, 2.45) is 5.84 Å². The van der Waals surface area contributed by atoms with Crippen LogP contribution < -0.4 is 5.84 Å². The molecule has 0 saturated carbocycles. The van der Waals surface area contributed by atoms with E-state index in [1.165, 1.54) is 21.3 Å². The van der Waals surface area contributed by atoms with Gasteiger partial charge < -0.3 is 13.3 Å². The number of amides is 1. The van der Waals surface area contributed by atoms with E-state index in [1.807, 2.05) is 0 Å². The van der Waals surface area contributed by atoms with Gasteiger partial charge in [-0.05, 0) is 0 Å². The van der Waals surface area contributed by atoms with Gasteiger partial charge in [-0.25, -0.2) is 10.5 Å². The maximum absolute atomic E-state index is 11.2. The Balaban J connectivity index is 4.62. The highest BCUT2D eigenvalue weighted by molar-refractivity contribution is 6.60. The Morgan fingerprint density at radius 2 is 1.69 bits per heavy atom. The number of rotatable bonds is 5. The van der Waals surface area contributed by atoms with E-state index in [0.717, 1.165) is 4.67 Å². The topological polar surface area (TPSA) is 74.0 Å². The largest absolute Gasteiger partial charge is 0.650 e. The van der Waals surface area contributed by atoms with Crippen molar-refractivity contribution in [1.82, 2.24) is 4.67 Å². The molecule has 0 bridgehead atoms. The van der Waals surface area contributed by atoms with Crippen LogP contribution >= 0.6 is 0 Å². The summed E-state index contributed by atoms with van der Waals surface area (Å²) in [4.78, 5) is 11.2. The third kappa shape index (κ3) is 2.48. The highest BCUT2D eigenvalue weighted by Gasteiger charge is 2.48. The lowest BCUT2D eigenvalue weighted by atomic mass is 10.5. The van der Waals surface area contributed by atoms with Gasteiger partial charge in [0.1, 0.15) is 0 Å². The summed E-state index contributed by atoms with van der Waals surface area (Å²) >= 11 is 0. The third-order valence-electron chi connectivity index (χ3n) is 1.64. The summed E-state index contributed by atoms with van der Waals surface area (Å²) in [5, 5.41) is 0. The van der Waals surface area contributed by atoms with E-state index < -0.39 is 8.97 Å². The van der Waals surface area contributed by atoms with Crippen molar-refractivity contribution in [3.05, 3.63) is 0 Å². The van der Waals surface area contributed by atoms with Crippen LogP contribution in [0.5, 0.6) is 0 Å². The van der Waals surface area contributed by atoms with E-state index in [9.17, 15) is 4.79 Å². The number of hydrogen-bond donors (Lipinski definition) is 1. The van der Waals surface area contributed by atoms with Gasteiger partial charge in [0.15, 0.2) is 0 Å². The minimum Gasteiger partial charge on any atom is -0.359 e. The lowest BCUT2D eigenvalue weighted by Gasteiger charge is -2.31. The van der Waals surface area contributed by atoms with Crippen molar-refractivity contribution in [3.63, 3.8) is 0 Å². The Bertz CT molecular complexity index is 166. The standard InChI is InChI=1S/C6H16N2O4Si/c1-5-6(9)8(7)13(10-2,11-3)12-4/h5,7H2,1-4H3. The minimum atomic E-state index is -3.14. The van der Waals surface area contributed by atoms with Gasteiger partial charge in [0.05, 0.1) is 0 Å². The number of carbonyl (C=O) groups is 1. The van der Waals surface area contributed by atoms with Crippen LogP contribution in [0.25, 0.3) is 0 Å². The van der Waals surface area contributed by atoms with Crippen LogP contribution in [0.1, 0.15) is 13.3 Å². The van der Waals surface area contributed by atoms with Crippen LogP contribution in [-0.2, 0) is 18.1 Å². The van der Waals surface area contributed by atoms with Crippen molar-refractivity contribution in [1.29, 1.82) is 0 Å². The number of nitrogens with two attached hydrogens (primary N) is 1. The van der Waals surface area contributed by atoms with E-state index >= 15 is 0 Å². The zero-order valence-electron chi connectivity index (χ0n) is 8.36. The first-order valence-electron chi connectivity index (χ1n) is 3.81. The van der Waals surface area contributed by atoms with E-state index in [4.69, 9.17) is 19.1 Å². The number of nitrogens with zero attached hydrogens (tertiary/aromatic N) is 1. The van der Waals surface area contributed by atoms with Gasteiger partial charge in [0.25, 0.3) is 0 Å². The summed E-state index contributed by atoms with van der Waals surface area (Å²) in [6.07, 6.45) is 0.279. The van der Waals surface area contributed by atoms with Crippen LogP contribution in [-0.4, -0.2) is 40.9 Å². The molecular formula is C6H16N2O4Si. The van der Waals surface area contributed by atoms with E-state index in [2.05, 4.69) is 0 Å². The van der Waals surface area contributed by atoms with Gasteiger partial charge in [0, 0.05) is 27.8 Å². The first-order valence-corrected chi connectivity index (χ1v) is 5.48. The summed E-state index contributed by atoms with van der Waals surface area (Å²) in [6, 6.07) is 0.